The third-order valence-corrected chi connectivity index (χ3v) is 4.86. The zero-order valence-electron chi connectivity index (χ0n) is 13.7. The molecule has 0 spiro atoms. The lowest BCUT2D eigenvalue weighted by Gasteiger charge is -2.16. The molecule has 2 aliphatic heterocycles. The highest BCUT2D eigenvalue weighted by Gasteiger charge is 2.35. The van der Waals surface area contributed by atoms with Crippen molar-refractivity contribution in [2.75, 3.05) is 19.7 Å². The van der Waals surface area contributed by atoms with E-state index in [1.54, 1.807) is 4.90 Å². The first-order chi connectivity index (χ1) is 11.6. The Bertz CT molecular complexity index is 771. The van der Waals surface area contributed by atoms with E-state index in [2.05, 4.69) is 10.2 Å². The second kappa shape index (κ2) is 5.94. The number of aromatic amines is 1. The standard InChI is InChI=1S/C18H21N3O3/c1-11-6-15(20-19-11)8-14-9-21(10-16(14)22)18(23)13-2-3-17-12(7-13)4-5-24-17/h2-3,6-7,14,16,22H,4-5,8-10H2,1H3,(H,19,20). The number of β-amino-alcohol motifs (C(OH)–C–C–N with tert-alkyl or cyclic N) is 1. The Morgan fingerprint density at radius 2 is 2.29 bits per heavy atom. The summed E-state index contributed by atoms with van der Waals surface area (Å²) in [5, 5.41) is 17.5. The molecule has 2 aliphatic rings. The Kier molecular flexibility index (Phi) is 3.76. The smallest absolute Gasteiger partial charge is 0.253 e. The van der Waals surface area contributed by atoms with Crippen LogP contribution in [0.15, 0.2) is 24.3 Å². The van der Waals surface area contributed by atoms with Gasteiger partial charge in [-0.05, 0) is 43.2 Å². The van der Waals surface area contributed by atoms with Crippen molar-refractivity contribution >= 4 is 5.91 Å². The minimum atomic E-state index is -0.510. The Hall–Kier alpha value is -2.34. The van der Waals surface area contributed by atoms with Crippen molar-refractivity contribution in [1.82, 2.24) is 15.1 Å². The van der Waals surface area contributed by atoms with Crippen molar-refractivity contribution in [3.8, 4) is 5.75 Å². The van der Waals surface area contributed by atoms with Crippen molar-refractivity contribution in [2.45, 2.75) is 25.9 Å². The highest BCUT2D eigenvalue weighted by atomic mass is 16.5. The molecule has 1 aromatic heterocycles. The number of fused-ring (bicyclic) bond motifs is 1. The lowest BCUT2D eigenvalue weighted by molar-refractivity contribution is 0.0764. The minimum absolute atomic E-state index is 0.0226. The number of carbonyl (C=O) groups is 1. The maximum absolute atomic E-state index is 12.7. The van der Waals surface area contributed by atoms with E-state index in [1.807, 2.05) is 31.2 Å². The third-order valence-electron chi connectivity index (χ3n) is 4.86. The number of benzene rings is 1. The van der Waals surface area contributed by atoms with Crippen molar-refractivity contribution in [1.29, 1.82) is 0 Å². The van der Waals surface area contributed by atoms with Crippen LogP contribution in [0.25, 0.3) is 0 Å². The Labute approximate surface area is 140 Å². The van der Waals surface area contributed by atoms with E-state index in [0.717, 1.165) is 29.1 Å². The van der Waals surface area contributed by atoms with Gasteiger partial charge in [0.05, 0.1) is 18.4 Å². The SMILES string of the molecule is Cc1cc(CC2CN(C(=O)c3ccc4c(c3)CCO4)CC2O)n[nH]1. The predicted octanol–water partition coefficient (Wildman–Crippen LogP) is 1.33. The molecule has 0 radical (unpaired) electrons. The average Bonchev–Trinajstić information content (AvgIpc) is 3.27. The summed E-state index contributed by atoms with van der Waals surface area (Å²) in [5.41, 5.74) is 3.69. The molecule has 1 aromatic carbocycles. The summed E-state index contributed by atoms with van der Waals surface area (Å²) >= 11 is 0. The maximum atomic E-state index is 12.7. The number of rotatable bonds is 3. The second-order valence-electron chi connectivity index (χ2n) is 6.70. The van der Waals surface area contributed by atoms with E-state index in [0.29, 0.717) is 31.7 Å². The first-order valence-corrected chi connectivity index (χ1v) is 8.34. The van der Waals surface area contributed by atoms with E-state index in [-0.39, 0.29) is 11.8 Å². The monoisotopic (exact) mass is 327 g/mol. The molecule has 0 bridgehead atoms. The molecule has 0 aliphatic carbocycles. The van der Waals surface area contributed by atoms with E-state index in [1.165, 1.54) is 0 Å². The number of carbonyl (C=O) groups excluding carboxylic acids is 1. The number of amides is 1. The number of aryl methyl sites for hydroxylation is 1. The van der Waals surface area contributed by atoms with Crippen LogP contribution in [0.5, 0.6) is 5.75 Å². The Morgan fingerprint density at radius 1 is 1.42 bits per heavy atom. The zero-order valence-corrected chi connectivity index (χ0v) is 13.7. The predicted molar refractivity (Wildman–Crippen MR) is 88.1 cm³/mol. The lowest BCUT2D eigenvalue weighted by Crippen LogP contribution is -2.29. The molecular formula is C18H21N3O3. The van der Waals surface area contributed by atoms with E-state index in [9.17, 15) is 9.90 Å². The van der Waals surface area contributed by atoms with Gasteiger partial charge >= 0.3 is 0 Å². The second-order valence-corrected chi connectivity index (χ2v) is 6.70. The number of aromatic nitrogens is 2. The molecule has 6 nitrogen and oxygen atoms in total. The van der Waals surface area contributed by atoms with E-state index in [4.69, 9.17) is 4.74 Å². The van der Waals surface area contributed by atoms with Gasteiger partial charge in [-0.15, -0.1) is 0 Å². The largest absolute Gasteiger partial charge is 0.493 e. The number of hydrogen-bond acceptors (Lipinski definition) is 4. The van der Waals surface area contributed by atoms with Gasteiger partial charge in [0.2, 0.25) is 0 Å². The summed E-state index contributed by atoms with van der Waals surface area (Å²) in [6.07, 6.45) is 1.01. The van der Waals surface area contributed by atoms with Crippen molar-refractivity contribution in [3.63, 3.8) is 0 Å². The molecule has 24 heavy (non-hydrogen) atoms. The number of hydrogen-bond donors (Lipinski definition) is 2. The fraction of sp³-hybridized carbons (Fsp3) is 0.444. The van der Waals surface area contributed by atoms with Crippen molar-refractivity contribution in [3.05, 3.63) is 46.8 Å². The molecule has 1 saturated heterocycles. The fourth-order valence-corrected chi connectivity index (χ4v) is 3.57. The normalized spacial score (nSPS) is 22.5. The molecule has 4 rings (SSSR count). The van der Waals surface area contributed by atoms with Gasteiger partial charge in [0, 0.05) is 36.7 Å². The number of aliphatic hydroxyl groups is 1. The number of aliphatic hydroxyl groups excluding tert-OH is 1. The van der Waals surface area contributed by atoms with Crippen LogP contribution in [0.4, 0.5) is 0 Å². The van der Waals surface area contributed by atoms with Crippen LogP contribution in [-0.4, -0.2) is 51.9 Å². The third kappa shape index (κ3) is 2.78. The van der Waals surface area contributed by atoms with E-state index < -0.39 is 6.10 Å². The minimum Gasteiger partial charge on any atom is -0.493 e. The molecule has 2 atom stereocenters. The topological polar surface area (TPSA) is 78.5 Å². The van der Waals surface area contributed by atoms with Gasteiger partial charge in [-0.2, -0.15) is 5.10 Å². The molecule has 2 unspecified atom stereocenters. The molecule has 126 valence electrons. The van der Waals surface area contributed by atoms with Gasteiger partial charge in [-0.25, -0.2) is 0 Å². The van der Waals surface area contributed by atoms with Gasteiger partial charge in [0.15, 0.2) is 0 Å². The van der Waals surface area contributed by atoms with Gasteiger partial charge in [0.25, 0.3) is 5.91 Å². The Balaban J connectivity index is 1.46. The van der Waals surface area contributed by atoms with Gasteiger partial charge in [-0.1, -0.05) is 0 Å². The van der Waals surface area contributed by atoms with Crippen molar-refractivity contribution < 1.29 is 14.6 Å². The van der Waals surface area contributed by atoms with Crippen LogP contribution >= 0.6 is 0 Å². The summed E-state index contributed by atoms with van der Waals surface area (Å²) in [4.78, 5) is 14.5. The molecule has 1 amide bonds. The molecule has 6 heteroatoms. The number of nitrogens with zero attached hydrogens (tertiary/aromatic N) is 2. The van der Waals surface area contributed by atoms with Gasteiger partial charge < -0.3 is 14.7 Å². The summed E-state index contributed by atoms with van der Waals surface area (Å²) in [6, 6.07) is 7.58. The number of H-pyrrole nitrogens is 1. The highest BCUT2D eigenvalue weighted by Crippen LogP contribution is 2.28. The number of likely N-dealkylation sites (tertiary alicyclic amines) is 1. The molecule has 0 saturated carbocycles. The summed E-state index contributed by atoms with van der Waals surface area (Å²) in [6.45, 7) is 3.56. The molecule has 2 N–H and O–H groups in total. The zero-order chi connectivity index (χ0) is 16.7. The maximum Gasteiger partial charge on any atom is 0.253 e. The summed E-state index contributed by atoms with van der Waals surface area (Å²) < 4.78 is 5.49. The summed E-state index contributed by atoms with van der Waals surface area (Å²) in [5.74, 6) is 0.874. The molecule has 2 aromatic rings. The fourth-order valence-electron chi connectivity index (χ4n) is 3.57. The quantitative estimate of drug-likeness (QED) is 0.891. The van der Waals surface area contributed by atoms with Crippen LogP contribution in [0.2, 0.25) is 0 Å². The van der Waals surface area contributed by atoms with Gasteiger partial charge in [-0.3, -0.25) is 9.89 Å². The molecule has 3 heterocycles. The Morgan fingerprint density at radius 3 is 3.08 bits per heavy atom. The molecule has 1 fully saturated rings. The highest BCUT2D eigenvalue weighted by molar-refractivity contribution is 5.95. The average molecular weight is 327 g/mol. The van der Waals surface area contributed by atoms with Crippen LogP contribution in [0, 0.1) is 12.8 Å². The lowest BCUT2D eigenvalue weighted by atomic mass is 10.00. The number of ether oxygens (including phenoxy) is 1. The molecular weight excluding hydrogens is 306 g/mol. The first-order valence-electron chi connectivity index (χ1n) is 8.34. The van der Waals surface area contributed by atoms with Crippen LogP contribution in [0.1, 0.15) is 27.3 Å². The van der Waals surface area contributed by atoms with Crippen LogP contribution < -0.4 is 4.74 Å². The van der Waals surface area contributed by atoms with Crippen LogP contribution in [0.3, 0.4) is 0 Å². The van der Waals surface area contributed by atoms with Crippen molar-refractivity contribution in [2.24, 2.45) is 5.92 Å². The van der Waals surface area contributed by atoms with Crippen LogP contribution in [-0.2, 0) is 12.8 Å². The van der Waals surface area contributed by atoms with E-state index >= 15 is 0 Å². The number of nitrogens with one attached hydrogen (secondary N) is 1. The summed E-state index contributed by atoms with van der Waals surface area (Å²) in [7, 11) is 0. The van der Waals surface area contributed by atoms with Gasteiger partial charge in [0.1, 0.15) is 5.75 Å². The first kappa shape index (κ1) is 15.2.